The third kappa shape index (κ3) is 2.59. The second-order valence-electron chi connectivity index (χ2n) is 4.53. The van der Waals surface area contributed by atoms with Crippen LogP contribution in [0.15, 0.2) is 17.5 Å². The molecule has 2 aromatic heterocycles. The third-order valence-electron chi connectivity index (χ3n) is 2.96. The SMILES string of the molecule is Cc1nc(-c2cccs2)sc1C(CN)C(C)C. The Morgan fingerprint density at radius 2 is 2.18 bits per heavy atom. The Balaban J connectivity index is 2.37. The molecule has 0 radical (unpaired) electrons. The quantitative estimate of drug-likeness (QED) is 0.912. The molecule has 0 aliphatic carbocycles. The molecule has 0 amide bonds. The lowest BCUT2D eigenvalue weighted by atomic mass is 9.94. The predicted molar refractivity (Wildman–Crippen MR) is 76.8 cm³/mol. The topological polar surface area (TPSA) is 38.9 Å². The fraction of sp³-hybridized carbons (Fsp3) is 0.462. The van der Waals surface area contributed by atoms with Crippen molar-refractivity contribution in [3.63, 3.8) is 0 Å². The minimum atomic E-state index is 0.432. The second-order valence-corrected chi connectivity index (χ2v) is 6.51. The van der Waals surface area contributed by atoms with Gasteiger partial charge in [-0.25, -0.2) is 4.98 Å². The van der Waals surface area contributed by atoms with Crippen molar-refractivity contribution in [2.24, 2.45) is 11.7 Å². The molecule has 0 spiro atoms. The van der Waals surface area contributed by atoms with Crippen molar-refractivity contribution in [2.75, 3.05) is 6.54 Å². The zero-order valence-corrected chi connectivity index (χ0v) is 12.1. The molecule has 0 aliphatic rings. The van der Waals surface area contributed by atoms with E-state index in [2.05, 4.69) is 43.3 Å². The van der Waals surface area contributed by atoms with Crippen LogP contribution in [0.5, 0.6) is 0 Å². The van der Waals surface area contributed by atoms with Gasteiger partial charge in [0.1, 0.15) is 5.01 Å². The van der Waals surface area contributed by atoms with Gasteiger partial charge in [0, 0.05) is 17.3 Å². The second kappa shape index (κ2) is 5.29. The Labute approximate surface area is 111 Å². The number of nitrogens with zero attached hydrogens (tertiary/aromatic N) is 1. The summed E-state index contributed by atoms with van der Waals surface area (Å²) in [4.78, 5) is 7.28. The summed E-state index contributed by atoms with van der Waals surface area (Å²) in [6.45, 7) is 7.24. The molecule has 0 saturated carbocycles. The fourth-order valence-electron chi connectivity index (χ4n) is 1.94. The molecular formula is C13H18N2S2. The van der Waals surface area contributed by atoms with Crippen LogP contribution in [0.25, 0.3) is 9.88 Å². The maximum atomic E-state index is 5.88. The summed E-state index contributed by atoms with van der Waals surface area (Å²) in [5, 5.41) is 3.22. The highest BCUT2D eigenvalue weighted by Crippen LogP contribution is 2.36. The number of rotatable bonds is 4. The smallest absolute Gasteiger partial charge is 0.133 e. The molecular weight excluding hydrogens is 248 g/mol. The molecule has 4 heteroatoms. The molecule has 17 heavy (non-hydrogen) atoms. The first-order chi connectivity index (χ1) is 8.13. The first-order valence-electron chi connectivity index (χ1n) is 5.84. The number of nitrogens with two attached hydrogens (primary N) is 1. The van der Waals surface area contributed by atoms with Crippen molar-refractivity contribution in [2.45, 2.75) is 26.7 Å². The van der Waals surface area contributed by atoms with E-state index in [1.165, 1.54) is 9.75 Å². The van der Waals surface area contributed by atoms with Crippen LogP contribution in [0.3, 0.4) is 0 Å². The van der Waals surface area contributed by atoms with E-state index in [4.69, 9.17) is 5.73 Å². The van der Waals surface area contributed by atoms with Gasteiger partial charge in [-0.1, -0.05) is 19.9 Å². The number of thiazole rings is 1. The number of aromatic nitrogens is 1. The zero-order valence-electron chi connectivity index (χ0n) is 10.4. The van der Waals surface area contributed by atoms with Crippen LogP contribution in [0, 0.1) is 12.8 Å². The molecule has 0 fully saturated rings. The van der Waals surface area contributed by atoms with Gasteiger partial charge in [0.25, 0.3) is 0 Å². The molecule has 2 rings (SSSR count). The van der Waals surface area contributed by atoms with Crippen molar-refractivity contribution in [1.82, 2.24) is 4.98 Å². The van der Waals surface area contributed by atoms with Gasteiger partial charge in [-0.15, -0.1) is 22.7 Å². The Morgan fingerprint density at radius 3 is 2.71 bits per heavy atom. The van der Waals surface area contributed by atoms with Crippen molar-refractivity contribution in [3.05, 3.63) is 28.1 Å². The van der Waals surface area contributed by atoms with Gasteiger partial charge in [0.15, 0.2) is 0 Å². The number of hydrogen-bond acceptors (Lipinski definition) is 4. The van der Waals surface area contributed by atoms with Crippen molar-refractivity contribution in [3.8, 4) is 9.88 Å². The molecule has 2 aromatic rings. The van der Waals surface area contributed by atoms with Gasteiger partial charge in [-0.2, -0.15) is 0 Å². The summed E-state index contributed by atoms with van der Waals surface area (Å²) in [6.07, 6.45) is 0. The number of thiophene rings is 1. The lowest BCUT2D eigenvalue weighted by Crippen LogP contribution is -2.17. The van der Waals surface area contributed by atoms with Gasteiger partial charge >= 0.3 is 0 Å². The van der Waals surface area contributed by atoms with Gasteiger partial charge in [-0.3, -0.25) is 0 Å². The van der Waals surface area contributed by atoms with Gasteiger partial charge < -0.3 is 5.73 Å². The van der Waals surface area contributed by atoms with E-state index >= 15 is 0 Å². The standard InChI is InChI=1S/C13H18N2S2/c1-8(2)10(7-14)12-9(3)15-13(17-12)11-5-4-6-16-11/h4-6,8,10H,7,14H2,1-3H3. The van der Waals surface area contributed by atoms with E-state index in [-0.39, 0.29) is 0 Å². The van der Waals surface area contributed by atoms with Crippen molar-refractivity contribution >= 4 is 22.7 Å². The monoisotopic (exact) mass is 266 g/mol. The Bertz CT molecular complexity index is 472. The van der Waals surface area contributed by atoms with Crippen LogP contribution in [0.4, 0.5) is 0 Å². The summed E-state index contributed by atoms with van der Waals surface area (Å²) in [5.41, 5.74) is 7.03. The molecule has 0 bridgehead atoms. The summed E-state index contributed by atoms with van der Waals surface area (Å²) in [5.74, 6) is 0.997. The highest BCUT2D eigenvalue weighted by molar-refractivity contribution is 7.21. The Kier molecular flexibility index (Phi) is 3.97. The first-order valence-corrected chi connectivity index (χ1v) is 7.54. The van der Waals surface area contributed by atoms with Crippen LogP contribution in [-0.4, -0.2) is 11.5 Å². The normalized spacial score (nSPS) is 13.2. The lowest BCUT2D eigenvalue weighted by Gasteiger charge is -2.17. The third-order valence-corrected chi connectivity index (χ3v) is 5.29. The minimum absolute atomic E-state index is 0.432. The fourth-order valence-corrected chi connectivity index (χ4v) is 4.09. The van der Waals surface area contributed by atoms with Crippen LogP contribution in [0.1, 0.15) is 30.3 Å². The number of aryl methyl sites for hydroxylation is 1. The molecule has 0 aromatic carbocycles. The maximum Gasteiger partial charge on any atom is 0.133 e. The van der Waals surface area contributed by atoms with Crippen molar-refractivity contribution < 1.29 is 0 Å². The Hall–Kier alpha value is -0.710. The molecule has 2 heterocycles. The van der Waals surface area contributed by atoms with Crippen molar-refractivity contribution in [1.29, 1.82) is 0 Å². The summed E-state index contributed by atoms with van der Waals surface area (Å²) in [7, 11) is 0. The molecule has 92 valence electrons. The summed E-state index contributed by atoms with van der Waals surface area (Å²) in [6, 6.07) is 4.19. The highest BCUT2D eigenvalue weighted by atomic mass is 32.1. The van der Waals surface area contributed by atoms with E-state index < -0.39 is 0 Å². The van der Waals surface area contributed by atoms with E-state index in [9.17, 15) is 0 Å². The lowest BCUT2D eigenvalue weighted by molar-refractivity contribution is 0.510. The van der Waals surface area contributed by atoms with Crippen LogP contribution in [-0.2, 0) is 0 Å². The highest BCUT2D eigenvalue weighted by Gasteiger charge is 2.20. The molecule has 0 saturated heterocycles. The van der Waals surface area contributed by atoms with Gasteiger partial charge in [-0.05, 0) is 24.3 Å². The largest absolute Gasteiger partial charge is 0.330 e. The minimum Gasteiger partial charge on any atom is -0.330 e. The van der Waals surface area contributed by atoms with E-state index in [0.717, 1.165) is 10.7 Å². The summed E-state index contributed by atoms with van der Waals surface area (Å²) >= 11 is 3.54. The van der Waals surface area contributed by atoms with E-state index in [0.29, 0.717) is 18.4 Å². The number of hydrogen-bond donors (Lipinski definition) is 1. The molecule has 1 unspecified atom stereocenters. The average Bonchev–Trinajstić information content (AvgIpc) is 2.89. The van der Waals surface area contributed by atoms with Gasteiger partial charge in [0.2, 0.25) is 0 Å². The molecule has 1 atom stereocenters. The van der Waals surface area contributed by atoms with E-state index in [1.54, 1.807) is 22.7 Å². The first kappa shape index (κ1) is 12.7. The maximum absolute atomic E-state index is 5.88. The summed E-state index contributed by atoms with van der Waals surface area (Å²) < 4.78 is 0. The van der Waals surface area contributed by atoms with Crippen LogP contribution >= 0.6 is 22.7 Å². The Morgan fingerprint density at radius 1 is 1.41 bits per heavy atom. The van der Waals surface area contributed by atoms with E-state index in [1.807, 2.05) is 0 Å². The van der Waals surface area contributed by atoms with Gasteiger partial charge in [0.05, 0.1) is 10.6 Å². The zero-order chi connectivity index (χ0) is 12.4. The average molecular weight is 266 g/mol. The molecule has 2 N–H and O–H groups in total. The molecule has 0 aliphatic heterocycles. The molecule has 2 nitrogen and oxygen atoms in total. The van der Waals surface area contributed by atoms with Crippen LogP contribution in [0.2, 0.25) is 0 Å². The predicted octanol–water partition coefficient (Wildman–Crippen LogP) is 3.88. The van der Waals surface area contributed by atoms with Crippen LogP contribution < -0.4 is 5.73 Å².